The molecule has 1 aliphatic heterocycles. The third-order valence-corrected chi connectivity index (χ3v) is 3.65. The number of hydrogen-bond acceptors (Lipinski definition) is 4. The first-order valence-electron chi connectivity index (χ1n) is 7.37. The van der Waals surface area contributed by atoms with Crippen molar-refractivity contribution in [3.8, 4) is 0 Å². The van der Waals surface area contributed by atoms with Crippen LogP contribution in [0.15, 0.2) is 12.4 Å². The third kappa shape index (κ3) is 3.58. The fourth-order valence-corrected chi connectivity index (χ4v) is 2.45. The Morgan fingerprint density at radius 2 is 2.40 bits per heavy atom. The summed E-state index contributed by atoms with van der Waals surface area (Å²) in [5.41, 5.74) is 0. The number of ether oxygens (including phenoxy) is 1. The zero-order valence-electron chi connectivity index (χ0n) is 12.2. The first kappa shape index (κ1) is 15.0. The summed E-state index contributed by atoms with van der Waals surface area (Å²) in [6.45, 7) is 6.15. The molecule has 0 bridgehead atoms. The summed E-state index contributed by atoms with van der Waals surface area (Å²) >= 11 is 0. The van der Waals surface area contributed by atoms with Crippen LogP contribution >= 0.6 is 0 Å². The van der Waals surface area contributed by atoms with Crippen LogP contribution in [0.5, 0.6) is 0 Å². The van der Waals surface area contributed by atoms with Crippen molar-refractivity contribution in [3.05, 3.63) is 18.2 Å². The lowest BCUT2D eigenvalue weighted by molar-refractivity contribution is -0.126. The first-order valence-corrected chi connectivity index (χ1v) is 7.37. The number of nitrogens with one attached hydrogen (secondary N) is 3. The number of aromatic amines is 1. The summed E-state index contributed by atoms with van der Waals surface area (Å²) < 4.78 is 5.45. The molecule has 6 heteroatoms. The number of amides is 1. The highest BCUT2D eigenvalue weighted by atomic mass is 16.5. The molecule has 1 fully saturated rings. The SMILES string of the molecule is CCCNC1COCC1C(=O)NC(CC)c1ncc[nH]1. The molecule has 0 radical (unpaired) electrons. The minimum Gasteiger partial charge on any atom is -0.379 e. The van der Waals surface area contributed by atoms with E-state index in [2.05, 4.69) is 27.5 Å². The van der Waals surface area contributed by atoms with Gasteiger partial charge in [-0.15, -0.1) is 0 Å². The van der Waals surface area contributed by atoms with Crippen molar-refractivity contribution >= 4 is 5.91 Å². The van der Waals surface area contributed by atoms with Gasteiger partial charge in [-0.25, -0.2) is 4.98 Å². The lowest BCUT2D eigenvalue weighted by Crippen LogP contribution is -2.45. The molecule has 0 aromatic carbocycles. The second-order valence-corrected chi connectivity index (χ2v) is 5.15. The van der Waals surface area contributed by atoms with Crippen molar-refractivity contribution in [3.63, 3.8) is 0 Å². The van der Waals surface area contributed by atoms with Gasteiger partial charge in [-0.1, -0.05) is 13.8 Å². The summed E-state index contributed by atoms with van der Waals surface area (Å²) in [6.07, 6.45) is 5.33. The van der Waals surface area contributed by atoms with E-state index in [9.17, 15) is 4.79 Å². The Morgan fingerprint density at radius 1 is 1.55 bits per heavy atom. The topological polar surface area (TPSA) is 79.0 Å². The average Bonchev–Trinajstić information content (AvgIpc) is 3.13. The molecule has 1 aliphatic rings. The van der Waals surface area contributed by atoms with Gasteiger partial charge in [0.1, 0.15) is 5.82 Å². The molecule has 6 nitrogen and oxygen atoms in total. The van der Waals surface area contributed by atoms with Crippen molar-refractivity contribution in [1.82, 2.24) is 20.6 Å². The monoisotopic (exact) mass is 280 g/mol. The number of carbonyl (C=O) groups excluding carboxylic acids is 1. The summed E-state index contributed by atoms with van der Waals surface area (Å²) in [7, 11) is 0. The molecule has 0 aliphatic carbocycles. The second-order valence-electron chi connectivity index (χ2n) is 5.15. The van der Waals surface area contributed by atoms with E-state index in [1.54, 1.807) is 12.4 Å². The Balaban J connectivity index is 1.92. The van der Waals surface area contributed by atoms with Crippen LogP contribution in [0.1, 0.15) is 38.6 Å². The maximum Gasteiger partial charge on any atom is 0.227 e. The number of nitrogens with zero attached hydrogens (tertiary/aromatic N) is 1. The fourth-order valence-electron chi connectivity index (χ4n) is 2.45. The molecule has 3 N–H and O–H groups in total. The number of aromatic nitrogens is 2. The summed E-state index contributed by atoms with van der Waals surface area (Å²) in [6, 6.07) is 0.0500. The van der Waals surface area contributed by atoms with Crippen molar-refractivity contribution in [1.29, 1.82) is 0 Å². The maximum absolute atomic E-state index is 12.4. The Bertz CT molecular complexity index is 407. The molecule has 0 spiro atoms. The summed E-state index contributed by atoms with van der Waals surface area (Å²) in [5, 5.41) is 6.44. The highest BCUT2D eigenvalue weighted by Gasteiger charge is 2.34. The van der Waals surface area contributed by atoms with Crippen molar-refractivity contribution < 1.29 is 9.53 Å². The van der Waals surface area contributed by atoms with Gasteiger partial charge in [-0.2, -0.15) is 0 Å². The molecule has 1 aromatic rings. The highest BCUT2D eigenvalue weighted by molar-refractivity contribution is 5.80. The van der Waals surface area contributed by atoms with E-state index in [1.165, 1.54) is 0 Å². The Hall–Kier alpha value is -1.40. The molecular formula is C14H24N4O2. The van der Waals surface area contributed by atoms with Gasteiger partial charge in [0, 0.05) is 18.4 Å². The number of rotatable bonds is 7. The minimum absolute atomic E-state index is 0.0411. The third-order valence-electron chi connectivity index (χ3n) is 3.65. The van der Waals surface area contributed by atoms with E-state index in [0.717, 1.165) is 25.2 Å². The zero-order chi connectivity index (χ0) is 14.4. The molecule has 1 aromatic heterocycles. The molecule has 20 heavy (non-hydrogen) atoms. The Labute approximate surface area is 119 Å². The smallest absolute Gasteiger partial charge is 0.227 e. The average molecular weight is 280 g/mol. The van der Waals surface area contributed by atoms with E-state index in [4.69, 9.17) is 4.74 Å². The Morgan fingerprint density at radius 3 is 3.05 bits per heavy atom. The van der Waals surface area contributed by atoms with Crippen LogP contribution in [0, 0.1) is 5.92 Å². The van der Waals surface area contributed by atoms with Gasteiger partial charge in [0.05, 0.1) is 25.2 Å². The van der Waals surface area contributed by atoms with Crippen LogP contribution in [0.25, 0.3) is 0 Å². The van der Waals surface area contributed by atoms with E-state index in [1.807, 2.05) is 6.92 Å². The van der Waals surface area contributed by atoms with Gasteiger partial charge in [-0.05, 0) is 19.4 Å². The summed E-state index contributed by atoms with van der Waals surface area (Å²) in [4.78, 5) is 19.7. The van der Waals surface area contributed by atoms with Crippen LogP contribution in [0.2, 0.25) is 0 Å². The standard InChI is InChI=1S/C14H24N4O2/c1-3-5-15-12-9-20-8-10(12)14(19)18-11(4-2)13-16-6-7-17-13/h6-7,10-12,15H,3-5,8-9H2,1-2H3,(H,16,17)(H,18,19). The van der Waals surface area contributed by atoms with Gasteiger partial charge in [0.15, 0.2) is 0 Å². The van der Waals surface area contributed by atoms with E-state index in [0.29, 0.717) is 13.2 Å². The number of H-pyrrole nitrogens is 1. The van der Waals surface area contributed by atoms with E-state index >= 15 is 0 Å². The molecule has 0 saturated carbocycles. The van der Waals surface area contributed by atoms with Crippen molar-refractivity contribution in [2.75, 3.05) is 19.8 Å². The highest BCUT2D eigenvalue weighted by Crippen LogP contribution is 2.17. The van der Waals surface area contributed by atoms with Crippen LogP contribution in [0.3, 0.4) is 0 Å². The predicted molar refractivity (Wildman–Crippen MR) is 76.2 cm³/mol. The van der Waals surface area contributed by atoms with Gasteiger partial charge < -0.3 is 20.4 Å². The molecule has 3 atom stereocenters. The number of hydrogen-bond donors (Lipinski definition) is 3. The molecule has 1 amide bonds. The minimum atomic E-state index is -0.120. The molecular weight excluding hydrogens is 256 g/mol. The molecule has 2 rings (SSSR count). The van der Waals surface area contributed by atoms with Gasteiger partial charge in [0.25, 0.3) is 0 Å². The van der Waals surface area contributed by atoms with Crippen LogP contribution < -0.4 is 10.6 Å². The summed E-state index contributed by atoms with van der Waals surface area (Å²) in [5.74, 6) is 0.725. The molecule has 2 heterocycles. The van der Waals surface area contributed by atoms with Gasteiger partial charge in [0.2, 0.25) is 5.91 Å². The van der Waals surface area contributed by atoms with E-state index < -0.39 is 0 Å². The Kier molecular flexibility index (Phi) is 5.55. The fraction of sp³-hybridized carbons (Fsp3) is 0.714. The number of imidazole rings is 1. The van der Waals surface area contributed by atoms with Crippen LogP contribution in [-0.2, 0) is 9.53 Å². The van der Waals surface area contributed by atoms with E-state index in [-0.39, 0.29) is 23.9 Å². The lowest BCUT2D eigenvalue weighted by atomic mass is 10.0. The van der Waals surface area contributed by atoms with Gasteiger partial charge >= 0.3 is 0 Å². The molecule has 3 unspecified atom stereocenters. The maximum atomic E-state index is 12.4. The van der Waals surface area contributed by atoms with Crippen molar-refractivity contribution in [2.24, 2.45) is 5.92 Å². The lowest BCUT2D eigenvalue weighted by Gasteiger charge is -2.21. The predicted octanol–water partition coefficient (Wildman–Crippen LogP) is 0.992. The normalized spacial score (nSPS) is 23.7. The second kappa shape index (κ2) is 7.40. The van der Waals surface area contributed by atoms with Crippen LogP contribution in [0.4, 0.5) is 0 Å². The van der Waals surface area contributed by atoms with Gasteiger partial charge in [-0.3, -0.25) is 4.79 Å². The first-order chi connectivity index (χ1) is 9.76. The quantitative estimate of drug-likeness (QED) is 0.696. The van der Waals surface area contributed by atoms with Crippen molar-refractivity contribution in [2.45, 2.75) is 38.8 Å². The number of carbonyl (C=O) groups is 1. The molecule has 112 valence electrons. The van der Waals surface area contributed by atoms with Crippen LogP contribution in [-0.4, -0.2) is 41.7 Å². The molecule has 1 saturated heterocycles. The zero-order valence-corrected chi connectivity index (χ0v) is 12.2. The largest absolute Gasteiger partial charge is 0.379 e.